The van der Waals surface area contributed by atoms with Crippen LogP contribution in [0.25, 0.3) is 0 Å². The first-order chi connectivity index (χ1) is 6.95. The van der Waals surface area contributed by atoms with Crippen LogP contribution in [0.1, 0.15) is 46.5 Å². The molecule has 1 nitrogen and oxygen atoms in total. The molecule has 15 heavy (non-hydrogen) atoms. The summed E-state index contributed by atoms with van der Waals surface area (Å²) in [4.78, 5) is 0. The summed E-state index contributed by atoms with van der Waals surface area (Å²) in [6.45, 7) is 6.92. The van der Waals surface area contributed by atoms with E-state index in [-0.39, 0.29) is 0 Å². The minimum Gasteiger partial charge on any atom is -0.475 e. The molecule has 0 heterocycles. The van der Waals surface area contributed by atoms with Crippen molar-refractivity contribution < 1.29 is 4.74 Å². The molecule has 0 N–H and O–H groups in total. The van der Waals surface area contributed by atoms with Crippen molar-refractivity contribution in [3.05, 3.63) is 0 Å². The van der Waals surface area contributed by atoms with Crippen molar-refractivity contribution >= 4 is 28.4 Å². The van der Waals surface area contributed by atoms with E-state index in [1.165, 1.54) is 25.7 Å². The first kappa shape index (κ1) is 13.3. The van der Waals surface area contributed by atoms with Crippen molar-refractivity contribution in [3.8, 4) is 0 Å². The molecule has 1 aliphatic carbocycles. The second-order valence-electron chi connectivity index (χ2n) is 5.37. The van der Waals surface area contributed by atoms with Crippen molar-refractivity contribution in [2.24, 2.45) is 11.3 Å². The van der Waals surface area contributed by atoms with E-state index in [1.807, 2.05) is 6.26 Å². The summed E-state index contributed by atoms with van der Waals surface area (Å²) < 4.78 is 6.58. The summed E-state index contributed by atoms with van der Waals surface area (Å²) in [5.41, 5.74) is 0.332. The van der Waals surface area contributed by atoms with E-state index >= 15 is 0 Å². The molecule has 88 valence electrons. The Kier molecular flexibility index (Phi) is 4.91. The van der Waals surface area contributed by atoms with Crippen LogP contribution in [0.5, 0.6) is 0 Å². The summed E-state index contributed by atoms with van der Waals surface area (Å²) in [5, 5.41) is 0. The molecule has 2 atom stereocenters. The van der Waals surface area contributed by atoms with Crippen LogP contribution in [0, 0.1) is 11.3 Å². The van der Waals surface area contributed by atoms with Crippen LogP contribution in [-0.2, 0) is 4.74 Å². The lowest BCUT2D eigenvalue weighted by atomic mass is 9.71. The highest BCUT2D eigenvalue weighted by Gasteiger charge is 2.35. The van der Waals surface area contributed by atoms with Gasteiger partial charge >= 0.3 is 0 Å². The number of thiocarbonyl (C=S) groups is 1. The van der Waals surface area contributed by atoms with Gasteiger partial charge in [-0.25, -0.2) is 0 Å². The van der Waals surface area contributed by atoms with Crippen molar-refractivity contribution in [2.75, 3.05) is 6.26 Å². The number of ether oxygens (including phenoxy) is 1. The Morgan fingerprint density at radius 3 is 2.40 bits per heavy atom. The van der Waals surface area contributed by atoms with Gasteiger partial charge in [0.2, 0.25) is 4.38 Å². The number of hydrogen-bond acceptors (Lipinski definition) is 3. The first-order valence-electron chi connectivity index (χ1n) is 5.69. The van der Waals surface area contributed by atoms with Crippen molar-refractivity contribution in [1.82, 2.24) is 0 Å². The maximum atomic E-state index is 5.87. The highest BCUT2D eigenvalue weighted by Crippen LogP contribution is 2.39. The molecule has 1 aliphatic rings. The average Bonchev–Trinajstić information content (AvgIpc) is 2.17. The number of thioether (sulfide) groups is 1. The van der Waals surface area contributed by atoms with Gasteiger partial charge in [-0.05, 0) is 43.2 Å². The second-order valence-corrected chi connectivity index (χ2v) is 6.78. The highest BCUT2D eigenvalue weighted by atomic mass is 32.2. The average molecular weight is 246 g/mol. The van der Waals surface area contributed by atoms with Crippen molar-refractivity contribution in [2.45, 2.75) is 52.6 Å². The Bertz CT molecular complexity index is 220. The smallest absolute Gasteiger partial charge is 0.219 e. The molecule has 0 amide bonds. The third-order valence-corrected chi connectivity index (χ3v) is 4.25. The molecule has 0 aromatic heterocycles. The maximum absolute atomic E-state index is 5.87. The molecule has 0 spiro atoms. The van der Waals surface area contributed by atoms with Gasteiger partial charge in [0.1, 0.15) is 6.10 Å². The third-order valence-electron chi connectivity index (χ3n) is 3.23. The van der Waals surface area contributed by atoms with E-state index < -0.39 is 0 Å². The van der Waals surface area contributed by atoms with Gasteiger partial charge in [0.05, 0.1) is 0 Å². The van der Waals surface area contributed by atoms with Crippen LogP contribution >= 0.6 is 24.0 Å². The fraction of sp³-hybridized carbons (Fsp3) is 0.917. The highest BCUT2D eigenvalue weighted by molar-refractivity contribution is 8.22. The zero-order valence-electron chi connectivity index (χ0n) is 10.2. The van der Waals surface area contributed by atoms with E-state index in [2.05, 4.69) is 20.8 Å². The molecule has 0 unspecified atom stereocenters. The Morgan fingerprint density at radius 1 is 1.27 bits per heavy atom. The molecule has 1 saturated carbocycles. The Labute approximate surface area is 103 Å². The normalized spacial score (nSPS) is 27.5. The quantitative estimate of drug-likeness (QED) is 0.640. The van der Waals surface area contributed by atoms with Crippen molar-refractivity contribution in [3.63, 3.8) is 0 Å². The fourth-order valence-corrected chi connectivity index (χ4v) is 2.74. The molecule has 0 saturated heterocycles. The van der Waals surface area contributed by atoms with E-state index in [1.54, 1.807) is 11.8 Å². The predicted molar refractivity (Wildman–Crippen MR) is 72.4 cm³/mol. The lowest BCUT2D eigenvalue weighted by Crippen LogP contribution is -2.37. The van der Waals surface area contributed by atoms with Crippen LogP contribution in [-0.4, -0.2) is 16.7 Å². The molecule has 0 aromatic rings. The second kappa shape index (κ2) is 5.53. The monoisotopic (exact) mass is 246 g/mol. The van der Waals surface area contributed by atoms with Crippen LogP contribution in [0.2, 0.25) is 0 Å². The molecule has 0 radical (unpaired) electrons. The molecule has 1 rings (SSSR count). The van der Waals surface area contributed by atoms with E-state index in [9.17, 15) is 0 Å². The summed E-state index contributed by atoms with van der Waals surface area (Å²) in [5.74, 6) is 0.649. The maximum Gasteiger partial charge on any atom is 0.219 e. The SMILES string of the molecule is CSC(=S)O[C@@H]1CCCC[C@@H]1C(C)(C)C. The summed E-state index contributed by atoms with van der Waals surface area (Å²) in [6, 6.07) is 0. The van der Waals surface area contributed by atoms with Crippen LogP contribution < -0.4 is 0 Å². The molecular weight excluding hydrogens is 224 g/mol. The van der Waals surface area contributed by atoms with Gasteiger partial charge in [0.15, 0.2) is 0 Å². The fourth-order valence-electron chi connectivity index (χ4n) is 2.40. The molecular formula is C12H22OS2. The lowest BCUT2D eigenvalue weighted by molar-refractivity contribution is 0.0250. The predicted octanol–water partition coefficient (Wildman–Crippen LogP) is 4.26. The van der Waals surface area contributed by atoms with Gasteiger partial charge in [-0.3, -0.25) is 0 Å². The molecule has 1 fully saturated rings. The minimum atomic E-state index is 0.332. The van der Waals surface area contributed by atoms with Gasteiger partial charge in [0, 0.05) is 5.92 Å². The number of rotatable bonds is 1. The Balaban J connectivity index is 2.62. The van der Waals surface area contributed by atoms with Gasteiger partial charge in [-0.15, -0.1) is 0 Å². The zero-order valence-corrected chi connectivity index (χ0v) is 11.8. The third kappa shape index (κ3) is 3.95. The van der Waals surface area contributed by atoms with E-state index in [4.69, 9.17) is 17.0 Å². The molecule has 0 aromatic carbocycles. The number of hydrogen-bond donors (Lipinski definition) is 0. The van der Waals surface area contributed by atoms with Crippen molar-refractivity contribution in [1.29, 1.82) is 0 Å². The van der Waals surface area contributed by atoms with Gasteiger partial charge in [-0.2, -0.15) is 0 Å². The van der Waals surface area contributed by atoms with Crippen LogP contribution in [0.3, 0.4) is 0 Å². The molecule has 3 heteroatoms. The lowest BCUT2D eigenvalue weighted by Gasteiger charge is -2.40. The van der Waals surface area contributed by atoms with Crippen LogP contribution in [0.15, 0.2) is 0 Å². The molecule has 0 bridgehead atoms. The molecule has 0 aliphatic heterocycles. The first-order valence-corrected chi connectivity index (χ1v) is 7.33. The topological polar surface area (TPSA) is 9.23 Å². The Hall–Kier alpha value is 0.240. The van der Waals surface area contributed by atoms with Gasteiger partial charge in [-0.1, -0.05) is 39.0 Å². The minimum absolute atomic E-state index is 0.332. The summed E-state index contributed by atoms with van der Waals surface area (Å²) >= 11 is 6.69. The van der Waals surface area contributed by atoms with E-state index in [0.29, 0.717) is 21.8 Å². The van der Waals surface area contributed by atoms with Crippen LogP contribution in [0.4, 0.5) is 0 Å². The summed E-state index contributed by atoms with van der Waals surface area (Å²) in [7, 11) is 0. The largest absolute Gasteiger partial charge is 0.475 e. The van der Waals surface area contributed by atoms with Gasteiger partial charge < -0.3 is 4.74 Å². The zero-order chi connectivity index (χ0) is 11.5. The summed E-state index contributed by atoms with van der Waals surface area (Å²) in [6.07, 6.45) is 7.41. The van der Waals surface area contributed by atoms with E-state index in [0.717, 1.165) is 0 Å². The Morgan fingerprint density at radius 2 is 1.87 bits per heavy atom. The standard InChI is InChI=1S/C12H22OS2/c1-12(2,3)9-7-5-6-8-10(9)13-11(14)15-4/h9-10H,5-8H2,1-4H3/t9-,10+/m0/s1. The van der Waals surface area contributed by atoms with Gasteiger partial charge in [0.25, 0.3) is 0 Å².